The Kier molecular flexibility index (Phi) is 8.75. The van der Waals surface area contributed by atoms with E-state index in [0.717, 1.165) is 5.56 Å². The summed E-state index contributed by atoms with van der Waals surface area (Å²) in [6.45, 7) is 14.3. The van der Waals surface area contributed by atoms with Crippen molar-refractivity contribution in [1.82, 2.24) is 15.2 Å². The first kappa shape index (κ1) is 25.7. The van der Waals surface area contributed by atoms with E-state index < -0.39 is 16.9 Å². The predicted octanol–water partition coefficient (Wildman–Crippen LogP) is 4.63. The Bertz CT molecular complexity index is 935. The number of hydrogen-bond acceptors (Lipinski definition) is 3. The third-order valence-corrected chi connectivity index (χ3v) is 7.05. The first-order valence-electron chi connectivity index (χ1n) is 10.9. The van der Waals surface area contributed by atoms with Crippen molar-refractivity contribution in [2.45, 2.75) is 65.3 Å². The normalized spacial score (nSPS) is 13.8. The number of hydrogen-bond donors (Lipinski definition) is 2. The van der Waals surface area contributed by atoms with E-state index in [-0.39, 0.29) is 28.7 Å². The molecule has 2 aromatic carbocycles. The summed E-state index contributed by atoms with van der Waals surface area (Å²) < 4.78 is 15.0. The van der Waals surface area contributed by atoms with Crippen LogP contribution in [0, 0.1) is 5.92 Å². The maximum absolute atomic E-state index is 13.3. The molecule has 0 aliphatic rings. The molecule has 2 amide bonds. The van der Waals surface area contributed by atoms with Gasteiger partial charge in [0.1, 0.15) is 11.0 Å². The highest BCUT2D eigenvalue weighted by atomic mass is 32.2. The molecule has 2 aromatic rings. The second-order valence-corrected chi connectivity index (χ2v) is 11.5. The number of hydrazine groups is 1. The maximum atomic E-state index is 13.3. The molecular formula is C25H35N3O3S. The molecular weight excluding hydrogens is 422 g/mol. The van der Waals surface area contributed by atoms with E-state index in [9.17, 15) is 13.8 Å². The Hall–Kier alpha value is -2.51. The van der Waals surface area contributed by atoms with Gasteiger partial charge in [-0.05, 0) is 70.4 Å². The summed E-state index contributed by atoms with van der Waals surface area (Å²) in [7, 11) is -1.19. The van der Waals surface area contributed by atoms with Crippen LogP contribution in [0.25, 0.3) is 0 Å². The van der Waals surface area contributed by atoms with Crippen LogP contribution in [0.4, 0.5) is 0 Å². The summed E-state index contributed by atoms with van der Waals surface area (Å²) >= 11 is 0. The smallest absolute Gasteiger partial charge is 0.267 e. The second-order valence-electron chi connectivity index (χ2n) is 9.40. The van der Waals surface area contributed by atoms with E-state index >= 15 is 0 Å². The van der Waals surface area contributed by atoms with E-state index in [1.54, 1.807) is 36.4 Å². The van der Waals surface area contributed by atoms with Crippen LogP contribution in [0.3, 0.4) is 0 Å². The molecule has 2 atom stereocenters. The highest BCUT2D eigenvalue weighted by Crippen LogP contribution is 2.34. The number of carbonyl (C=O) groups excluding carboxylic acids is 2. The molecule has 2 rings (SSSR count). The zero-order chi connectivity index (χ0) is 24.1. The molecule has 32 heavy (non-hydrogen) atoms. The molecule has 6 nitrogen and oxygen atoms in total. The van der Waals surface area contributed by atoms with Crippen LogP contribution in [-0.2, 0) is 11.0 Å². The lowest BCUT2D eigenvalue weighted by molar-refractivity contribution is 0.0846. The second kappa shape index (κ2) is 10.9. The molecule has 2 N–H and O–H groups in total. The molecule has 0 aliphatic heterocycles. The molecule has 0 aromatic heterocycles. The third kappa shape index (κ3) is 6.50. The summed E-state index contributed by atoms with van der Waals surface area (Å²) in [5, 5.41) is 0. The Balaban J connectivity index is 2.18. The largest absolute Gasteiger partial charge is 0.269 e. The molecule has 0 spiro atoms. The highest BCUT2D eigenvalue weighted by molar-refractivity contribution is 7.84. The fraction of sp³-hybridized carbons (Fsp3) is 0.440. The summed E-state index contributed by atoms with van der Waals surface area (Å²) in [5.41, 5.74) is 6.77. The predicted molar refractivity (Wildman–Crippen MR) is 130 cm³/mol. The summed E-state index contributed by atoms with van der Waals surface area (Å²) in [6, 6.07) is 15.9. The van der Waals surface area contributed by atoms with Gasteiger partial charge in [0, 0.05) is 17.2 Å². The van der Waals surface area contributed by atoms with Crippen molar-refractivity contribution < 1.29 is 13.8 Å². The average molecular weight is 458 g/mol. The number of benzene rings is 2. The van der Waals surface area contributed by atoms with Crippen molar-refractivity contribution in [1.29, 1.82) is 0 Å². The minimum atomic E-state index is -1.19. The van der Waals surface area contributed by atoms with Gasteiger partial charge < -0.3 is 0 Å². The molecule has 0 unspecified atom stereocenters. The lowest BCUT2D eigenvalue weighted by Crippen LogP contribution is -2.45. The van der Waals surface area contributed by atoms with Gasteiger partial charge in [-0.3, -0.25) is 20.4 Å². The zero-order valence-corrected chi connectivity index (χ0v) is 20.8. The molecule has 0 fully saturated rings. The lowest BCUT2D eigenvalue weighted by atomic mass is 9.94. The summed E-state index contributed by atoms with van der Waals surface area (Å²) in [4.78, 5) is 24.6. The topological polar surface area (TPSA) is 78.5 Å². The van der Waals surface area contributed by atoms with E-state index in [1.807, 2.05) is 39.0 Å². The molecule has 0 bridgehead atoms. The zero-order valence-electron chi connectivity index (χ0n) is 20.0. The average Bonchev–Trinajstić information content (AvgIpc) is 2.74. The van der Waals surface area contributed by atoms with Gasteiger partial charge in [0.15, 0.2) is 0 Å². The number of rotatable bonds is 7. The van der Waals surface area contributed by atoms with Crippen molar-refractivity contribution >= 4 is 22.8 Å². The highest BCUT2D eigenvalue weighted by Gasteiger charge is 2.35. The fourth-order valence-corrected chi connectivity index (χ4v) is 5.02. The van der Waals surface area contributed by atoms with Gasteiger partial charge >= 0.3 is 0 Å². The van der Waals surface area contributed by atoms with Gasteiger partial charge in [-0.25, -0.2) is 8.51 Å². The van der Waals surface area contributed by atoms with Crippen LogP contribution in [0.1, 0.15) is 80.8 Å². The molecule has 0 heterocycles. The van der Waals surface area contributed by atoms with Crippen LogP contribution in [0.5, 0.6) is 0 Å². The van der Waals surface area contributed by atoms with Crippen molar-refractivity contribution in [3.05, 3.63) is 71.3 Å². The third-order valence-electron chi connectivity index (χ3n) is 4.97. The quantitative estimate of drug-likeness (QED) is 0.595. The standard InChI is InChI=1S/C25H35N3O3S/c1-17(2)22(28(18(3)4)32(31)25(5,6)7)19-13-15-21(16-14-19)24(30)27-26-23(29)20-11-9-8-10-12-20/h8-18,22H,1-7H3,(H,26,29)(H,27,30)/t22-,32-/m0/s1. The first-order chi connectivity index (χ1) is 14.9. The number of amides is 2. The Labute approximate surface area is 194 Å². The minimum absolute atomic E-state index is 0.0649. The van der Waals surface area contributed by atoms with Crippen LogP contribution < -0.4 is 10.9 Å². The van der Waals surface area contributed by atoms with E-state index in [0.29, 0.717) is 11.1 Å². The van der Waals surface area contributed by atoms with Gasteiger partial charge in [0.25, 0.3) is 11.8 Å². The van der Waals surface area contributed by atoms with Crippen molar-refractivity contribution in [2.24, 2.45) is 5.92 Å². The van der Waals surface area contributed by atoms with E-state index in [1.165, 1.54) is 0 Å². The fourth-order valence-electron chi connectivity index (χ4n) is 3.44. The summed E-state index contributed by atoms with van der Waals surface area (Å²) in [6.07, 6.45) is 0. The van der Waals surface area contributed by atoms with Crippen molar-refractivity contribution in [3.8, 4) is 0 Å². The Morgan fingerprint density at radius 2 is 1.28 bits per heavy atom. The number of carbonyl (C=O) groups is 2. The number of nitrogens with zero attached hydrogens (tertiary/aromatic N) is 1. The Morgan fingerprint density at radius 1 is 0.812 bits per heavy atom. The molecule has 0 aliphatic carbocycles. The van der Waals surface area contributed by atoms with Gasteiger partial charge in [-0.1, -0.05) is 44.2 Å². The SMILES string of the molecule is CC(C)[C@@H](c1ccc(C(=O)NNC(=O)c2ccccc2)cc1)N(C(C)C)[S@@](=O)C(C)(C)C. The minimum Gasteiger partial charge on any atom is -0.267 e. The summed E-state index contributed by atoms with van der Waals surface area (Å²) in [5.74, 6) is -0.567. The maximum Gasteiger partial charge on any atom is 0.269 e. The molecule has 0 radical (unpaired) electrons. The molecule has 174 valence electrons. The Morgan fingerprint density at radius 3 is 1.69 bits per heavy atom. The van der Waals surface area contributed by atoms with Crippen molar-refractivity contribution in [3.63, 3.8) is 0 Å². The molecule has 0 saturated carbocycles. The number of nitrogens with one attached hydrogen (secondary N) is 2. The van der Waals surface area contributed by atoms with Gasteiger partial charge in [-0.15, -0.1) is 0 Å². The van der Waals surface area contributed by atoms with Crippen molar-refractivity contribution in [2.75, 3.05) is 0 Å². The van der Waals surface area contributed by atoms with Gasteiger partial charge in [0.2, 0.25) is 0 Å². The van der Waals surface area contributed by atoms with Gasteiger partial charge in [-0.2, -0.15) is 0 Å². The van der Waals surface area contributed by atoms with Crippen LogP contribution in [0.2, 0.25) is 0 Å². The van der Waals surface area contributed by atoms with E-state index in [4.69, 9.17) is 0 Å². The first-order valence-corrected chi connectivity index (χ1v) is 12.0. The lowest BCUT2D eigenvalue weighted by Gasteiger charge is -2.40. The molecule has 7 heteroatoms. The molecule has 0 saturated heterocycles. The van der Waals surface area contributed by atoms with Gasteiger partial charge in [0.05, 0.1) is 10.8 Å². The monoisotopic (exact) mass is 457 g/mol. The van der Waals surface area contributed by atoms with Crippen LogP contribution in [-0.4, -0.2) is 31.1 Å². The van der Waals surface area contributed by atoms with E-state index in [2.05, 4.69) is 42.9 Å². The van der Waals surface area contributed by atoms with Crippen LogP contribution in [0.15, 0.2) is 54.6 Å². The van der Waals surface area contributed by atoms with Crippen LogP contribution >= 0.6 is 0 Å².